The number of hydrogen-bond donors (Lipinski definition) is 2. The number of benzene rings is 1. The molecule has 0 aliphatic carbocycles. The maximum atomic E-state index is 12.1. The predicted molar refractivity (Wildman–Crippen MR) is 79.2 cm³/mol. The number of hydrogen-bond acceptors (Lipinski definition) is 3. The Morgan fingerprint density at radius 2 is 1.95 bits per heavy atom. The second kappa shape index (κ2) is 5.64. The maximum absolute atomic E-state index is 12.1. The minimum absolute atomic E-state index is 0.221. The number of nitrogens with two attached hydrogens (primary N) is 1. The molecule has 0 amide bonds. The van der Waals surface area contributed by atoms with Gasteiger partial charge in [-0.15, -0.1) is 0 Å². The minimum atomic E-state index is -0.267. The van der Waals surface area contributed by atoms with E-state index in [1.54, 1.807) is 19.9 Å². The Bertz CT molecular complexity index is 762. The van der Waals surface area contributed by atoms with E-state index in [1.165, 1.54) is 4.68 Å². The normalized spacial score (nSPS) is 10.8. The van der Waals surface area contributed by atoms with Crippen LogP contribution in [0, 0.1) is 13.8 Å². The molecule has 0 unspecified atom stereocenters. The van der Waals surface area contributed by atoms with Crippen molar-refractivity contribution in [3.8, 4) is 0 Å². The molecule has 3 N–H and O–H groups in total. The lowest BCUT2D eigenvalue weighted by atomic mass is 10.1. The lowest BCUT2D eigenvalue weighted by molar-refractivity contribution is 0.618. The number of nitrogens with zero attached hydrogens (tertiary/aromatic N) is 1. The lowest BCUT2D eigenvalue weighted by Gasteiger charge is -2.10. The van der Waals surface area contributed by atoms with Gasteiger partial charge in [-0.05, 0) is 31.0 Å². The molecule has 20 heavy (non-hydrogen) atoms. The molecule has 0 aliphatic heterocycles. The number of nitrogens with one attached hydrogen (secondary N) is 1. The van der Waals surface area contributed by atoms with Crippen LogP contribution in [0.5, 0.6) is 0 Å². The summed E-state index contributed by atoms with van der Waals surface area (Å²) in [6, 6.07) is 5.43. The van der Waals surface area contributed by atoms with Crippen molar-refractivity contribution in [3.63, 3.8) is 0 Å². The zero-order valence-corrected chi connectivity index (χ0v) is 12.1. The van der Waals surface area contributed by atoms with Crippen LogP contribution in [-0.4, -0.2) is 9.78 Å². The van der Waals surface area contributed by atoms with Gasteiger partial charge in [0.25, 0.3) is 11.1 Å². The van der Waals surface area contributed by atoms with E-state index in [-0.39, 0.29) is 17.7 Å². The molecule has 0 aliphatic rings. The van der Waals surface area contributed by atoms with E-state index in [4.69, 9.17) is 17.3 Å². The highest BCUT2D eigenvalue weighted by Gasteiger charge is 2.09. The molecule has 0 saturated heterocycles. The first-order valence-electron chi connectivity index (χ1n) is 6.21. The van der Waals surface area contributed by atoms with Gasteiger partial charge in [-0.2, -0.15) is 0 Å². The number of rotatable bonds is 3. The van der Waals surface area contributed by atoms with Crippen LogP contribution in [0.2, 0.25) is 5.02 Å². The van der Waals surface area contributed by atoms with E-state index in [1.807, 2.05) is 12.1 Å². The number of H-pyrrole nitrogens is 1. The van der Waals surface area contributed by atoms with E-state index in [0.717, 1.165) is 11.1 Å². The summed E-state index contributed by atoms with van der Waals surface area (Å²) < 4.78 is 1.27. The van der Waals surface area contributed by atoms with Gasteiger partial charge in [0, 0.05) is 22.7 Å². The summed E-state index contributed by atoms with van der Waals surface area (Å²) in [5.41, 5.74) is 7.61. The highest BCUT2D eigenvalue weighted by molar-refractivity contribution is 6.31. The number of halogens is 1. The molecule has 0 radical (unpaired) electrons. The molecule has 0 bridgehead atoms. The molecule has 2 rings (SSSR count). The van der Waals surface area contributed by atoms with Gasteiger partial charge < -0.3 is 5.73 Å². The molecule has 5 nitrogen and oxygen atoms in total. The van der Waals surface area contributed by atoms with Gasteiger partial charge in [0.1, 0.15) is 0 Å². The van der Waals surface area contributed by atoms with Crippen molar-refractivity contribution in [3.05, 3.63) is 66.2 Å². The largest absolute Gasteiger partial charge is 0.326 e. The standard InChI is InChI=1S/C14H16ClN3O2/c1-8-9(2)14(20)18(17-13(8)19)7-11-4-3-10(6-16)5-12(11)15/h3-5H,6-7,16H2,1-2H3,(H,17,19). The van der Waals surface area contributed by atoms with Gasteiger partial charge in [0.05, 0.1) is 6.54 Å². The zero-order chi connectivity index (χ0) is 14.9. The van der Waals surface area contributed by atoms with Crippen molar-refractivity contribution >= 4 is 11.6 Å². The molecular formula is C14H16ClN3O2. The second-order valence-electron chi connectivity index (χ2n) is 4.71. The van der Waals surface area contributed by atoms with E-state index in [0.29, 0.717) is 22.7 Å². The Morgan fingerprint density at radius 1 is 1.25 bits per heavy atom. The summed E-state index contributed by atoms with van der Waals surface area (Å²) in [5.74, 6) is 0. The minimum Gasteiger partial charge on any atom is -0.326 e. The quantitative estimate of drug-likeness (QED) is 0.895. The smallest absolute Gasteiger partial charge is 0.268 e. The summed E-state index contributed by atoms with van der Waals surface area (Å²) in [7, 11) is 0. The Morgan fingerprint density at radius 3 is 2.55 bits per heavy atom. The molecule has 1 aromatic heterocycles. The Labute approximate surface area is 121 Å². The molecule has 6 heteroatoms. The van der Waals surface area contributed by atoms with E-state index in [9.17, 15) is 9.59 Å². The molecule has 0 atom stereocenters. The van der Waals surface area contributed by atoms with Gasteiger partial charge in [-0.3, -0.25) is 14.7 Å². The fraction of sp³-hybridized carbons (Fsp3) is 0.286. The third kappa shape index (κ3) is 2.69. The maximum Gasteiger partial charge on any atom is 0.268 e. The van der Waals surface area contributed by atoms with Crippen molar-refractivity contribution < 1.29 is 0 Å². The van der Waals surface area contributed by atoms with E-state index < -0.39 is 0 Å². The average molecular weight is 294 g/mol. The van der Waals surface area contributed by atoms with Gasteiger partial charge in [0.2, 0.25) is 0 Å². The predicted octanol–water partition coefficient (Wildman–Crippen LogP) is 1.31. The van der Waals surface area contributed by atoms with Crippen LogP contribution < -0.4 is 16.9 Å². The fourth-order valence-electron chi connectivity index (χ4n) is 1.92. The molecule has 0 spiro atoms. The van der Waals surface area contributed by atoms with Crippen LogP contribution >= 0.6 is 11.6 Å². The molecule has 2 aromatic rings. The molecule has 1 aromatic carbocycles. The average Bonchev–Trinajstić information content (AvgIpc) is 2.44. The third-order valence-corrected chi connectivity index (χ3v) is 3.74. The van der Waals surface area contributed by atoms with Crippen LogP contribution in [-0.2, 0) is 13.1 Å². The highest BCUT2D eigenvalue weighted by atomic mass is 35.5. The SMILES string of the molecule is Cc1c(C)c(=O)n(Cc2ccc(CN)cc2Cl)[nH]c1=O. The van der Waals surface area contributed by atoms with E-state index in [2.05, 4.69) is 5.10 Å². The van der Waals surface area contributed by atoms with Gasteiger partial charge in [0.15, 0.2) is 0 Å². The molecule has 0 fully saturated rings. The first-order chi connectivity index (χ1) is 9.43. The van der Waals surface area contributed by atoms with Crippen molar-refractivity contribution in [1.82, 2.24) is 9.78 Å². The first kappa shape index (κ1) is 14.6. The van der Waals surface area contributed by atoms with E-state index >= 15 is 0 Å². The molecule has 1 heterocycles. The van der Waals surface area contributed by atoms with Crippen molar-refractivity contribution in [2.24, 2.45) is 5.73 Å². The third-order valence-electron chi connectivity index (χ3n) is 3.39. The lowest BCUT2D eigenvalue weighted by Crippen LogP contribution is -2.33. The monoisotopic (exact) mass is 293 g/mol. The summed E-state index contributed by atoms with van der Waals surface area (Å²) in [4.78, 5) is 23.8. The number of aromatic amines is 1. The molecular weight excluding hydrogens is 278 g/mol. The van der Waals surface area contributed by atoms with Gasteiger partial charge in [-0.1, -0.05) is 23.7 Å². The van der Waals surface area contributed by atoms with Crippen LogP contribution in [0.25, 0.3) is 0 Å². The Kier molecular flexibility index (Phi) is 4.11. The van der Waals surface area contributed by atoms with Crippen molar-refractivity contribution in [1.29, 1.82) is 0 Å². The van der Waals surface area contributed by atoms with Crippen molar-refractivity contribution in [2.75, 3.05) is 0 Å². The summed E-state index contributed by atoms with van der Waals surface area (Å²) >= 11 is 6.16. The van der Waals surface area contributed by atoms with Gasteiger partial charge in [-0.25, -0.2) is 4.68 Å². The Balaban J connectivity index is 2.46. The molecule has 106 valence electrons. The zero-order valence-electron chi connectivity index (χ0n) is 11.4. The fourth-order valence-corrected chi connectivity index (χ4v) is 2.18. The summed E-state index contributed by atoms with van der Waals surface area (Å²) in [6.07, 6.45) is 0. The van der Waals surface area contributed by atoms with Gasteiger partial charge >= 0.3 is 0 Å². The molecule has 0 saturated carbocycles. The van der Waals surface area contributed by atoms with Crippen LogP contribution in [0.15, 0.2) is 27.8 Å². The summed E-state index contributed by atoms with van der Waals surface area (Å²) in [6.45, 7) is 3.89. The summed E-state index contributed by atoms with van der Waals surface area (Å²) in [5, 5.41) is 3.08. The van der Waals surface area contributed by atoms with Crippen LogP contribution in [0.1, 0.15) is 22.3 Å². The Hall–Kier alpha value is -1.85. The first-order valence-corrected chi connectivity index (χ1v) is 6.59. The number of aromatic nitrogens is 2. The van der Waals surface area contributed by atoms with Crippen molar-refractivity contribution in [2.45, 2.75) is 26.9 Å². The highest BCUT2D eigenvalue weighted by Crippen LogP contribution is 2.18. The topological polar surface area (TPSA) is 80.9 Å². The van der Waals surface area contributed by atoms with Crippen LogP contribution in [0.4, 0.5) is 0 Å². The van der Waals surface area contributed by atoms with Crippen LogP contribution in [0.3, 0.4) is 0 Å². The second-order valence-corrected chi connectivity index (χ2v) is 5.12.